The van der Waals surface area contributed by atoms with Crippen LogP contribution in [0.5, 0.6) is 0 Å². The third-order valence-corrected chi connectivity index (χ3v) is 3.10. The van der Waals surface area contributed by atoms with E-state index in [4.69, 9.17) is 17.3 Å². The minimum Gasteiger partial charge on any atom is -0.465 e. The molecule has 0 radical (unpaired) electrons. The fourth-order valence-electron chi connectivity index (χ4n) is 1.51. The first-order valence-corrected chi connectivity index (χ1v) is 6.49. The molecule has 0 aliphatic heterocycles. The van der Waals surface area contributed by atoms with E-state index in [-0.39, 0.29) is 17.2 Å². The number of rotatable bonds is 3. The summed E-state index contributed by atoms with van der Waals surface area (Å²) in [7, 11) is 1.27. The maximum atomic E-state index is 12.1. The zero-order chi connectivity index (χ0) is 15.5. The fraction of sp³-hybridized carbons (Fsp3) is 0.429. The van der Waals surface area contributed by atoms with Gasteiger partial charge >= 0.3 is 5.97 Å². The molecule has 0 aromatic heterocycles. The number of esters is 1. The van der Waals surface area contributed by atoms with Crippen LogP contribution >= 0.6 is 11.6 Å². The van der Waals surface area contributed by atoms with Crippen molar-refractivity contribution in [3.8, 4) is 0 Å². The third-order valence-electron chi connectivity index (χ3n) is 2.86. The first-order chi connectivity index (χ1) is 9.16. The van der Waals surface area contributed by atoms with Crippen molar-refractivity contribution in [2.24, 2.45) is 11.1 Å². The highest BCUT2D eigenvalue weighted by atomic mass is 35.5. The number of carbonyl (C=O) groups excluding carboxylic acids is 2. The van der Waals surface area contributed by atoms with Crippen LogP contribution in [0.3, 0.4) is 0 Å². The standard InChI is InChI=1S/C14H19ClN2O3/c1-14(2,3)11(16)12(18)17-10-7-8(15)5-6-9(10)13(19)20-4/h5-7,11H,16H2,1-4H3,(H,17,18)/t11-/m0/s1. The van der Waals surface area contributed by atoms with Crippen molar-refractivity contribution in [3.05, 3.63) is 28.8 Å². The average molecular weight is 299 g/mol. The summed E-state index contributed by atoms with van der Waals surface area (Å²) in [5, 5.41) is 3.02. The molecule has 5 nitrogen and oxygen atoms in total. The lowest BCUT2D eigenvalue weighted by atomic mass is 9.87. The number of carbonyl (C=O) groups is 2. The summed E-state index contributed by atoms with van der Waals surface area (Å²) in [6, 6.07) is 3.81. The first kappa shape index (κ1) is 16.5. The van der Waals surface area contributed by atoms with Crippen LogP contribution in [0.15, 0.2) is 18.2 Å². The quantitative estimate of drug-likeness (QED) is 0.840. The Hall–Kier alpha value is -1.59. The minimum absolute atomic E-state index is 0.228. The molecule has 0 saturated carbocycles. The van der Waals surface area contributed by atoms with Gasteiger partial charge in [0.05, 0.1) is 24.4 Å². The summed E-state index contributed by atoms with van der Waals surface area (Å²) in [5.74, 6) is -0.939. The molecule has 1 atom stereocenters. The molecule has 0 fully saturated rings. The Morgan fingerprint density at radius 1 is 1.35 bits per heavy atom. The Balaban J connectivity index is 3.05. The monoisotopic (exact) mass is 298 g/mol. The molecule has 0 unspecified atom stereocenters. The number of benzene rings is 1. The van der Waals surface area contributed by atoms with Crippen LogP contribution in [-0.4, -0.2) is 25.0 Å². The summed E-state index contributed by atoms with van der Waals surface area (Å²) >= 11 is 5.88. The Morgan fingerprint density at radius 3 is 2.45 bits per heavy atom. The van der Waals surface area contributed by atoms with Gasteiger partial charge in [-0.1, -0.05) is 32.4 Å². The SMILES string of the molecule is COC(=O)c1ccc(Cl)cc1NC(=O)[C@H](N)C(C)(C)C. The number of methoxy groups -OCH3 is 1. The van der Waals surface area contributed by atoms with Crippen LogP contribution in [-0.2, 0) is 9.53 Å². The second-order valence-corrected chi connectivity index (χ2v) is 5.95. The van der Waals surface area contributed by atoms with Gasteiger partial charge in [0.2, 0.25) is 5.91 Å². The summed E-state index contributed by atoms with van der Waals surface area (Å²) in [4.78, 5) is 23.7. The van der Waals surface area contributed by atoms with Gasteiger partial charge < -0.3 is 15.8 Å². The van der Waals surface area contributed by atoms with Gasteiger partial charge in [0.1, 0.15) is 0 Å². The highest BCUT2D eigenvalue weighted by Gasteiger charge is 2.28. The van der Waals surface area contributed by atoms with Gasteiger partial charge in [0.25, 0.3) is 0 Å². The van der Waals surface area contributed by atoms with Gasteiger partial charge in [0, 0.05) is 5.02 Å². The van der Waals surface area contributed by atoms with E-state index < -0.39 is 17.4 Å². The predicted molar refractivity (Wildman–Crippen MR) is 78.9 cm³/mol. The van der Waals surface area contributed by atoms with E-state index in [9.17, 15) is 9.59 Å². The van der Waals surface area contributed by atoms with Gasteiger partial charge in [-0.25, -0.2) is 4.79 Å². The Morgan fingerprint density at radius 2 is 1.95 bits per heavy atom. The van der Waals surface area contributed by atoms with Crippen LogP contribution in [0.2, 0.25) is 5.02 Å². The van der Waals surface area contributed by atoms with Gasteiger partial charge in [-0.3, -0.25) is 4.79 Å². The predicted octanol–water partition coefficient (Wildman–Crippen LogP) is 2.44. The number of anilines is 1. The van der Waals surface area contributed by atoms with Gasteiger partial charge in [-0.2, -0.15) is 0 Å². The van der Waals surface area contributed by atoms with Crippen molar-refractivity contribution in [2.45, 2.75) is 26.8 Å². The smallest absolute Gasteiger partial charge is 0.339 e. The van der Waals surface area contributed by atoms with Gasteiger partial charge in [-0.05, 0) is 23.6 Å². The first-order valence-electron chi connectivity index (χ1n) is 6.11. The third kappa shape index (κ3) is 3.95. The minimum atomic E-state index is -0.716. The molecule has 0 aliphatic carbocycles. The summed E-state index contributed by atoms with van der Waals surface area (Å²) in [5.41, 5.74) is 6.00. The number of nitrogens with two attached hydrogens (primary N) is 1. The second-order valence-electron chi connectivity index (χ2n) is 5.51. The highest BCUT2D eigenvalue weighted by Crippen LogP contribution is 2.24. The number of nitrogens with one attached hydrogen (secondary N) is 1. The number of halogens is 1. The van der Waals surface area contributed by atoms with E-state index >= 15 is 0 Å². The van der Waals surface area contributed by atoms with Crippen LogP contribution in [0.25, 0.3) is 0 Å². The van der Waals surface area contributed by atoms with Gasteiger partial charge in [-0.15, -0.1) is 0 Å². The van der Waals surface area contributed by atoms with Gasteiger partial charge in [0.15, 0.2) is 0 Å². The Bertz CT molecular complexity index is 524. The lowest BCUT2D eigenvalue weighted by molar-refractivity contribution is -0.119. The number of hydrogen-bond donors (Lipinski definition) is 2. The van der Waals surface area contributed by atoms with Crippen LogP contribution in [0.4, 0.5) is 5.69 Å². The molecule has 6 heteroatoms. The molecule has 1 amide bonds. The van der Waals surface area contributed by atoms with E-state index in [0.29, 0.717) is 5.02 Å². The maximum absolute atomic E-state index is 12.1. The molecule has 110 valence electrons. The zero-order valence-corrected chi connectivity index (χ0v) is 12.7. The molecule has 1 aromatic rings. The van der Waals surface area contributed by atoms with Crippen LogP contribution in [0, 0.1) is 5.41 Å². The molecule has 0 saturated heterocycles. The molecule has 20 heavy (non-hydrogen) atoms. The lowest BCUT2D eigenvalue weighted by Gasteiger charge is -2.26. The topological polar surface area (TPSA) is 81.4 Å². The lowest BCUT2D eigenvalue weighted by Crippen LogP contribution is -2.45. The largest absolute Gasteiger partial charge is 0.465 e. The number of hydrogen-bond acceptors (Lipinski definition) is 4. The van der Waals surface area contributed by atoms with Crippen molar-refractivity contribution in [1.29, 1.82) is 0 Å². The van der Waals surface area contributed by atoms with Crippen LogP contribution in [0.1, 0.15) is 31.1 Å². The normalized spacial score (nSPS) is 12.7. The van der Waals surface area contributed by atoms with E-state index in [0.717, 1.165) is 0 Å². The maximum Gasteiger partial charge on any atom is 0.339 e. The highest BCUT2D eigenvalue weighted by molar-refractivity contribution is 6.31. The molecule has 0 aliphatic rings. The number of amides is 1. The zero-order valence-electron chi connectivity index (χ0n) is 12.0. The Kier molecular flexibility index (Phi) is 5.14. The molecule has 1 aromatic carbocycles. The molecule has 3 N–H and O–H groups in total. The molecule has 0 bridgehead atoms. The van der Waals surface area contributed by atoms with Crippen LogP contribution < -0.4 is 11.1 Å². The van der Waals surface area contributed by atoms with E-state index in [1.807, 2.05) is 20.8 Å². The molecule has 0 heterocycles. The van der Waals surface area contributed by atoms with E-state index in [1.54, 1.807) is 6.07 Å². The fourth-order valence-corrected chi connectivity index (χ4v) is 1.68. The molecule has 0 spiro atoms. The van der Waals surface area contributed by atoms with Crippen molar-refractivity contribution in [2.75, 3.05) is 12.4 Å². The summed E-state index contributed by atoms with van der Waals surface area (Å²) in [6.45, 7) is 5.57. The van der Waals surface area contributed by atoms with E-state index in [1.165, 1.54) is 19.2 Å². The Labute approximate surface area is 123 Å². The van der Waals surface area contributed by atoms with Crippen molar-refractivity contribution in [3.63, 3.8) is 0 Å². The second kappa shape index (κ2) is 6.24. The molecular weight excluding hydrogens is 280 g/mol. The van der Waals surface area contributed by atoms with Crippen molar-refractivity contribution >= 4 is 29.2 Å². The molecule has 1 rings (SSSR count). The van der Waals surface area contributed by atoms with Crippen molar-refractivity contribution < 1.29 is 14.3 Å². The summed E-state index contributed by atoms with van der Waals surface area (Å²) in [6.07, 6.45) is 0. The average Bonchev–Trinajstić information content (AvgIpc) is 2.36. The number of ether oxygens (including phenoxy) is 1. The van der Waals surface area contributed by atoms with E-state index in [2.05, 4.69) is 10.1 Å². The summed E-state index contributed by atoms with van der Waals surface area (Å²) < 4.78 is 4.66. The molecular formula is C14H19ClN2O3. The van der Waals surface area contributed by atoms with Crippen molar-refractivity contribution in [1.82, 2.24) is 0 Å².